The molecule has 1 unspecified atom stereocenters. The Labute approximate surface area is 139 Å². The van der Waals surface area contributed by atoms with Gasteiger partial charge < -0.3 is 9.64 Å². The summed E-state index contributed by atoms with van der Waals surface area (Å²) >= 11 is 0. The van der Waals surface area contributed by atoms with Crippen molar-refractivity contribution >= 4 is 12.0 Å². The van der Waals surface area contributed by atoms with Crippen LogP contribution in [0.2, 0.25) is 0 Å². The molecule has 1 aliphatic heterocycles. The lowest BCUT2D eigenvalue weighted by atomic mass is 10.1. The average Bonchev–Trinajstić information content (AvgIpc) is 2.60. The van der Waals surface area contributed by atoms with Crippen molar-refractivity contribution in [1.82, 2.24) is 4.90 Å². The number of hydrogen-bond donors (Lipinski definition) is 0. The fraction of sp³-hybridized carbons (Fsp3) is 0.211. The number of hydrogen-bond acceptors (Lipinski definition) is 2. The normalized spacial score (nSPS) is 18.1. The quantitative estimate of drug-likeness (QED) is 0.806. The minimum Gasteiger partial charge on any atom is -0.370 e. The average molecular weight is 329 g/mol. The van der Waals surface area contributed by atoms with Crippen molar-refractivity contribution in [2.45, 2.75) is 6.10 Å². The second-order valence-electron chi connectivity index (χ2n) is 5.58. The van der Waals surface area contributed by atoms with Gasteiger partial charge in [0.25, 0.3) is 0 Å². The van der Waals surface area contributed by atoms with Crippen molar-refractivity contribution in [2.24, 2.45) is 0 Å². The molecule has 3 nitrogen and oxygen atoms in total. The molecule has 1 fully saturated rings. The molecule has 0 aliphatic carbocycles. The summed E-state index contributed by atoms with van der Waals surface area (Å²) in [4.78, 5) is 14.0. The van der Waals surface area contributed by atoms with Crippen LogP contribution < -0.4 is 0 Å². The molecule has 0 saturated carbocycles. The van der Waals surface area contributed by atoms with E-state index in [0.717, 1.165) is 5.56 Å². The van der Waals surface area contributed by atoms with Crippen molar-refractivity contribution in [3.05, 3.63) is 77.4 Å². The molecule has 24 heavy (non-hydrogen) atoms. The third kappa shape index (κ3) is 4.06. The van der Waals surface area contributed by atoms with Gasteiger partial charge in [0.2, 0.25) is 5.91 Å². The van der Waals surface area contributed by atoms with Gasteiger partial charge in [-0.2, -0.15) is 0 Å². The fourth-order valence-corrected chi connectivity index (χ4v) is 2.61. The van der Waals surface area contributed by atoms with E-state index in [1.165, 1.54) is 30.3 Å². The van der Waals surface area contributed by atoms with E-state index >= 15 is 0 Å². The Balaban J connectivity index is 1.65. The van der Waals surface area contributed by atoms with E-state index in [4.69, 9.17) is 4.74 Å². The number of nitrogens with zero attached hydrogens (tertiary/aromatic N) is 1. The highest BCUT2D eigenvalue weighted by Gasteiger charge is 2.24. The van der Waals surface area contributed by atoms with Crippen molar-refractivity contribution < 1.29 is 18.3 Å². The molecule has 0 radical (unpaired) electrons. The topological polar surface area (TPSA) is 29.5 Å². The number of ether oxygens (including phenoxy) is 1. The summed E-state index contributed by atoms with van der Waals surface area (Å²) in [7, 11) is 0. The zero-order valence-corrected chi connectivity index (χ0v) is 13.0. The first-order valence-electron chi connectivity index (χ1n) is 7.71. The molecule has 2 aromatic carbocycles. The summed E-state index contributed by atoms with van der Waals surface area (Å²) in [6.07, 6.45) is 2.75. The van der Waals surface area contributed by atoms with Crippen molar-refractivity contribution in [3.63, 3.8) is 0 Å². The van der Waals surface area contributed by atoms with Gasteiger partial charge in [0.15, 0.2) is 0 Å². The van der Waals surface area contributed by atoms with Crippen LogP contribution in [0.5, 0.6) is 0 Å². The smallest absolute Gasteiger partial charge is 0.246 e. The lowest BCUT2D eigenvalue weighted by Crippen LogP contribution is -2.41. The van der Waals surface area contributed by atoms with Crippen LogP contribution >= 0.6 is 0 Å². The summed E-state index contributed by atoms with van der Waals surface area (Å²) < 4.78 is 31.8. The number of carbonyl (C=O) groups excluding carboxylic acids is 1. The Kier molecular flexibility index (Phi) is 5.01. The van der Waals surface area contributed by atoms with Gasteiger partial charge in [-0.15, -0.1) is 0 Å². The van der Waals surface area contributed by atoms with Gasteiger partial charge in [0.05, 0.1) is 13.2 Å². The van der Waals surface area contributed by atoms with Crippen LogP contribution in [0.4, 0.5) is 8.78 Å². The monoisotopic (exact) mass is 329 g/mol. The van der Waals surface area contributed by atoms with Gasteiger partial charge in [-0.05, 0) is 41.5 Å². The molecule has 5 heteroatoms. The van der Waals surface area contributed by atoms with E-state index in [1.54, 1.807) is 35.2 Å². The SMILES string of the molecule is O=C(/C=C/c1cccc(F)c1)N1CCOC(c2ccc(F)cc2)C1. The van der Waals surface area contributed by atoms with Gasteiger partial charge in [-0.25, -0.2) is 8.78 Å². The summed E-state index contributed by atoms with van der Waals surface area (Å²) in [6.45, 7) is 1.31. The Morgan fingerprint density at radius 2 is 1.92 bits per heavy atom. The van der Waals surface area contributed by atoms with Crippen molar-refractivity contribution in [3.8, 4) is 0 Å². The Morgan fingerprint density at radius 1 is 1.12 bits per heavy atom. The molecular formula is C19H17F2NO2. The number of rotatable bonds is 3. The molecule has 0 spiro atoms. The largest absolute Gasteiger partial charge is 0.370 e. The predicted octanol–water partition coefficient (Wildman–Crippen LogP) is 3.58. The highest BCUT2D eigenvalue weighted by Crippen LogP contribution is 2.22. The van der Waals surface area contributed by atoms with Gasteiger partial charge in [0.1, 0.15) is 17.7 Å². The fourth-order valence-electron chi connectivity index (χ4n) is 2.61. The van der Waals surface area contributed by atoms with E-state index in [2.05, 4.69) is 0 Å². The maximum atomic E-state index is 13.1. The highest BCUT2D eigenvalue weighted by molar-refractivity contribution is 5.91. The maximum absolute atomic E-state index is 13.1. The molecule has 1 heterocycles. The summed E-state index contributed by atoms with van der Waals surface area (Å²) in [5.41, 5.74) is 1.47. The van der Waals surface area contributed by atoms with Crippen LogP contribution in [0, 0.1) is 11.6 Å². The molecule has 0 aromatic heterocycles. The van der Waals surface area contributed by atoms with E-state index in [0.29, 0.717) is 25.3 Å². The van der Waals surface area contributed by atoms with E-state index in [9.17, 15) is 13.6 Å². The predicted molar refractivity (Wildman–Crippen MR) is 87.1 cm³/mol. The van der Waals surface area contributed by atoms with Crippen molar-refractivity contribution in [1.29, 1.82) is 0 Å². The minimum absolute atomic E-state index is 0.158. The van der Waals surface area contributed by atoms with Gasteiger partial charge in [-0.3, -0.25) is 4.79 Å². The van der Waals surface area contributed by atoms with Gasteiger partial charge in [0, 0.05) is 12.6 Å². The van der Waals surface area contributed by atoms with Gasteiger partial charge >= 0.3 is 0 Å². The number of halogens is 2. The lowest BCUT2D eigenvalue weighted by molar-refractivity contribution is -0.133. The third-order valence-corrected chi connectivity index (χ3v) is 3.89. The molecule has 0 bridgehead atoms. The molecule has 3 rings (SSSR count). The number of morpholine rings is 1. The molecule has 0 N–H and O–H groups in total. The molecule has 1 aliphatic rings. The molecule has 1 atom stereocenters. The van der Waals surface area contributed by atoms with Crippen LogP contribution in [-0.4, -0.2) is 30.5 Å². The number of carbonyl (C=O) groups is 1. The standard InChI is InChI=1S/C19H17F2NO2/c20-16-7-5-15(6-8-16)18-13-22(10-11-24-18)19(23)9-4-14-2-1-3-17(21)12-14/h1-9,12,18H,10-11,13H2/b9-4+. The first-order chi connectivity index (χ1) is 11.6. The van der Waals surface area contributed by atoms with Crippen molar-refractivity contribution in [2.75, 3.05) is 19.7 Å². The summed E-state index contributed by atoms with van der Waals surface area (Å²) in [5.74, 6) is -0.803. The molecule has 124 valence electrons. The van der Waals surface area contributed by atoms with E-state index in [1.807, 2.05) is 0 Å². The van der Waals surface area contributed by atoms with Gasteiger partial charge in [-0.1, -0.05) is 24.3 Å². The van der Waals surface area contributed by atoms with Crippen LogP contribution in [-0.2, 0) is 9.53 Å². The van der Waals surface area contributed by atoms with Crippen LogP contribution in [0.25, 0.3) is 6.08 Å². The first-order valence-corrected chi connectivity index (χ1v) is 7.71. The van der Waals surface area contributed by atoms with Crippen LogP contribution in [0.3, 0.4) is 0 Å². The van der Waals surface area contributed by atoms with E-state index < -0.39 is 0 Å². The van der Waals surface area contributed by atoms with Crippen LogP contribution in [0.1, 0.15) is 17.2 Å². The molecular weight excluding hydrogens is 312 g/mol. The first kappa shape index (κ1) is 16.3. The lowest BCUT2D eigenvalue weighted by Gasteiger charge is -2.32. The summed E-state index contributed by atoms with van der Waals surface area (Å²) in [5, 5.41) is 0. The second kappa shape index (κ2) is 7.36. The minimum atomic E-state index is -0.340. The summed E-state index contributed by atoms with van der Waals surface area (Å²) in [6, 6.07) is 12.1. The maximum Gasteiger partial charge on any atom is 0.246 e. The number of benzene rings is 2. The zero-order chi connectivity index (χ0) is 16.9. The third-order valence-electron chi connectivity index (χ3n) is 3.89. The molecule has 1 amide bonds. The Hall–Kier alpha value is -2.53. The second-order valence-corrected chi connectivity index (χ2v) is 5.58. The highest BCUT2D eigenvalue weighted by atomic mass is 19.1. The van der Waals surface area contributed by atoms with E-state index in [-0.39, 0.29) is 23.6 Å². The van der Waals surface area contributed by atoms with Crippen LogP contribution in [0.15, 0.2) is 54.6 Å². The molecule has 1 saturated heterocycles. The zero-order valence-electron chi connectivity index (χ0n) is 13.0. The molecule has 2 aromatic rings. The Bertz CT molecular complexity index is 743. The number of amides is 1. The Morgan fingerprint density at radius 3 is 2.67 bits per heavy atom.